The van der Waals surface area contributed by atoms with Gasteiger partial charge in [0.25, 0.3) is 5.91 Å². The molecule has 21 heavy (non-hydrogen) atoms. The van der Waals surface area contributed by atoms with Crippen LogP contribution in [0.2, 0.25) is 10.0 Å². The van der Waals surface area contributed by atoms with E-state index in [4.69, 9.17) is 33.7 Å². The summed E-state index contributed by atoms with van der Waals surface area (Å²) in [6.45, 7) is 0. The highest BCUT2D eigenvalue weighted by Crippen LogP contribution is 2.30. The molecule has 7 heteroatoms. The lowest BCUT2D eigenvalue weighted by atomic mass is 10.1. The van der Waals surface area contributed by atoms with Crippen LogP contribution < -0.4 is 15.8 Å². The lowest BCUT2D eigenvalue weighted by molar-refractivity contribution is 0.102. The van der Waals surface area contributed by atoms with Crippen molar-refractivity contribution in [3.05, 3.63) is 51.8 Å². The first-order valence-corrected chi connectivity index (χ1v) is 6.57. The predicted octanol–water partition coefficient (Wildman–Crippen LogP) is 3.98. The maximum atomic E-state index is 13.3. The first-order valence-electron chi connectivity index (χ1n) is 5.81. The van der Waals surface area contributed by atoms with E-state index in [-0.39, 0.29) is 21.4 Å². The minimum Gasteiger partial charge on any atom is -0.494 e. The molecule has 4 nitrogen and oxygen atoms in total. The molecule has 0 aliphatic heterocycles. The topological polar surface area (TPSA) is 64.3 Å². The number of nitrogens with one attached hydrogen (secondary N) is 1. The van der Waals surface area contributed by atoms with Crippen LogP contribution >= 0.6 is 23.2 Å². The largest absolute Gasteiger partial charge is 0.494 e. The van der Waals surface area contributed by atoms with Crippen molar-refractivity contribution in [2.75, 3.05) is 18.2 Å². The summed E-state index contributed by atoms with van der Waals surface area (Å²) in [6, 6.07) is 6.79. The summed E-state index contributed by atoms with van der Waals surface area (Å²) in [6.07, 6.45) is 0. The van der Waals surface area contributed by atoms with Crippen molar-refractivity contribution in [2.24, 2.45) is 0 Å². The van der Waals surface area contributed by atoms with Gasteiger partial charge in [-0.15, -0.1) is 0 Å². The van der Waals surface area contributed by atoms with Crippen molar-refractivity contribution in [2.45, 2.75) is 0 Å². The highest BCUT2D eigenvalue weighted by atomic mass is 35.5. The molecule has 0 aromatic heterocycles. The molecule has 0 fully saturated rings. The van der Waals surface area contributed by atoms with Gasteiger partial charge in [0, 0.05) is 17.4 Å². The van der Waals surface area contributed by atoms with Crippen LogP contribution in [0.3, 0.4) is 0 Å². The number of carbonyl (C=O) groups excluding carboxylic acids is 1. The monoisotopic (exact) mass is 328 g/mol. The van der Waals surface area contributed by atoms with Crippen LogP contribution in [-0.4, -0.2) is 13.0 Å². The number of carbonyl (C=O) groups is 1. The quantitative estimate of drug-likeness (QED) is 0.837. The molecular weight excluding hydrogens is 318 g/mol. The van der Waals surface area contributed by atoms with E-state index in [0.717, 1.165) is 0 Å². The average Bonchev–Trinajstić information content (AvgIpc) is 2.44. The van der Waals surface area contributed by atoms with Crippen molar-refractivity contribution >= 4 is 40.5 Å². The molecule has 110 valence electrons. The fraction of sp³-hybridized carbons (Fsp3) is 0.0714. The molecule has 0 atom stereocenters. The van der Waals surface area contributed by atoms with Crippen molar-refractivity contribution in [1.29, 1.82) is 0 Å². The van der Waals surface area contributed by atoms with Gasteiger partial charge in [0.2, 0.25) is 0 Å². The molecule has 0 spiro atoms. The van der Waals surface area contributed by atoms with E-state index in [1.165, 1.54) is 37.4 Å². The van der Waals surface area contributed by atoms with Crippen LogP contribution in [0.25, 0.3) is 0 Å². The molecule has 0 aliphatic rings. The van der Waals surface area contributed by atoms with E-state index < -0.39 is 11.7 Å². The lowest BCUT2D eigenvalue weighted by Crippen LogP contribution is -2.13. The Labute approximate surface area is 130 Å². The van der Waals surface area contributed by atoms with E-state index in [0.29, 0.717) is 11.4 Å². The molecule has 0 radical (unpaired) electrons. The highest BCUT2D eigenvalue weighted by molar-refractivity contribution is 6.44. The van der Waals surface area contributed by atoms with Crippen molar-refractivity contribution < 1.29 is 13.9 Å². The first-order chi connectivity index (χ1) is 9.92. The molecule has 0 aliphatic carbocycles. The zero-order chi connectivity index (χ0) is 15.6. The smallest absolute Gasteiger partial charge is 0.257 e. The van der Waals surface area contributed by atoms with Gasteiger partial charge in [-0.1, -0.05) is 23.2 Å². The third kappa shape index (κ3) is 3.37. The fourth-order valence-electron chi connectivity index (χ4n) is 1.71. The van der Waals surface area contributed by atoms with Crippen LogP contribution in [-0.2, 0) is 0 Å². The fourth-order valence-corrected chi connectivity index (χ4v) is 2.13. The summed E-state index contributed by atoms with van der Waals surface area (Å²) in [4.78, 5) is 12.2. The zero-order valence-electron chi connectivity index (χ0n) is 10.9. The van der Waals surface area contributed by atoms with Crippen LogP contribution in [0.5, 0.6) is 5.75 Å². The molecule has 0 saturated heterocycles. The number of ether oxygens (including phenoxy) is 1. The molecule has 1 amide bonds. The number of nitrogens with two attached hydrogens (primary N) is 1. The number of rotatable bonds is 3. The molecule has 3 N–H and O–H groups in total. The molecule has 2 aromatic carbocycles. The van der Waals surface area contributed by atoms with Gasteiger partial charge in [-0.25, -0.2) is 4.39 Å². The molecular formula is C14H11Cl2FN2O2. The number of halogens is 3. The Kier molecular flexibility index (Phi) is 4.55. The van der Waals surface area contributed by atoms with Gasteiger partial charge in [0.1, 0.15) is 0 Å². The third-order valence-corrected chi connectivity index (χ3v) is 3.51. The van der Waals surface area contributed by atoms with Crippen molar-refractivity contribution in [3.63, 3.8) is 0 Å². The summed E-state index contributed by atoms with van der Waals surface area (Å²) in [5.41, 5.74) is 6.43. The van der Waals surface area contributed by atoms with E-state index >= 15 is 0 Å². The molecule has 0 bridgehead atoms. The predicted molar refractivity (Wildman–Crippen MR) is 81.8 cm³/mol. The van der Waals surface area contributed by atoms with Gasteiger partial charge in [0.15, 0.2) is 11.6 Å². The van der Waals surface area contributed by atoms with Gasteiger partial charge in [-0.3, -0.25) is 4.79 Å². The van der Waals surface area contributed by atoms with Crippen LogP contribution in [0, 0.1) is 5.82 Å². The maximum absolute atomic E-state index is 13.3. The number of anilines is 2. The van der Waals surface area contributed by atoms with Gasteiger partial charge < -0.3 is 15.8 Å². The Morgan fingerprint density at radius 3 is 2.67 bits per heavy atom. The van der Waals surface area contributed by atoms with Gasteiger partial charge >= 0.3 is 0 Å². The molecule has 0 saturated carbocycles. The van der Waals surface area contributed by atoms with Gasteiger partial charge in [-0.2, -0.15) is 0 Å². The molecule has 0 heterocycles. The summed E-state index contributed by atoms with van der Waals surface area (Å²) < 4.78 is 18.1. The number of hydrogen-bond acceptors (Lipinski definition) is 3. The van der Waals surface area contributed by atoms with Crippen LogP contribution in [0.15, 0.2) is 30.3 Å². The van der Waals surface area contributed by atoms with E-state index in [1.54, 1.807) is 0 Å². The number of hydrogen-bond donors (Lipinski definition) is 2. The third-order valence-electron chi connectivity index (χ3n) is 2.70. The second-order valence-electron chi connectivity index (χ2n) is 4.17. The normalized spacial score (nSPS) is 10.3. The Morgan fingerprint density at radius 2 is 2.00 bits per heavy atom. The van der Waals surface area contributed by atoms with E-state index in [1.807, 2.05) is 0 Å². The van der Waals surface area contributed by atoms with Crippen molar-refractivity contribution in [3.8, 4) is 5.75 Å². The Hall–Kier alpha value is -1.98. The summed E-state index contributed by atoms with van der Waals surface area (Å²) in [5.74, 6) is -1.02. The minimum absolute atomic E-state index is 0.0181. The standard InChI is InChI=1S/C14H11Cl2FN2O2/c1-21-12-6-8(2-3-11(12)17)19-14(20)9-4-7(18)5-10(15)13(9)16/h2-6H,18H2,1H3,(H,19,20). The van der Waals surface area contributed by atoms with Gasteiger partial charge in [-0.05, 0) is 24.3 Å². The highest BCUT2D eigenvalue weighted by Gasteiger charge is 2.15. The summed E-state index contributed by atoms with van der Waals surface area (Å²) in [7, 11) is 1.33. The van der Waals surface area contributed by atoms with E-state index in [2.05, 4.69) is 5.32 Å². The van der Waals surface area contributed by atoms with Gasteiger partial charge in [0.05, 0.1) is 22.7 Å². The van der Waals surface area contributed by atoms with E-state index in [9.17, 15) is 9.18 Å². The molecule has 0 unspecified atom stereocenters. The number of nitrogen functional groups attached to an aromatic ring is 1. The van der Waals surface area contributed by atoms with Crippen molar-refractivity contribution in [1.82, 2.24) is 0 Å². The number of methoxy groups -OCH3 is 1. The molecule has 2 rings (SSSR count). The Bertz CT molecular complexity index is 708. The Morgan fingerprint density at radius 1 is 1.29 bits per heavy atom. The number of amides is 1. The average molecular weight is 329 g/mol. The summed E-state index contributed by atoms with van der Waals surface area (Å²) in [5, 5.41) is 2.85. The summed E-state index contributed by atoms with van der Waals surface area (Å²) >= 11 is 11.9. The Balaban J connectivity index is 2.30. The second kappa shape index (κ2) is 6.20. The first kappa shape index (κ1) is 15.4. The minimum atomic E-state index is -0.527. The maximum Gasteiger partial charge on any atom is 0.257 e. The SMILES string of the molecule is COc1cc(NC(=O)c2cc(N)cc(Cl)c2Cl)ccc1F. The zero-order valence-corrected chi connectivity index (χ0v) is 12.4. The van der Waals surface area contributed by atoms with Crippen LogP contribution in [0.1, 0.15) is 10.4 Å². The lowest BCUT2D eigenvalue weighted by Gasteiger charge is -2.10. The number of benzene rings is 2. The second-order valence-corrected chi connectivity index (χ2v) is 4.95. The van der Waals surface area contributed by atoms with Crippen LogP contribution in [0.4, 0.5) is 15.8 Å². The molecule has 2 aromatic rings.